The van der Waals surface area contributed by atoms with Gasteiger partial charge in [0.2, 0.25) is 27.2 Å². The van der Waals surface area contributed by atoms with E-state index in [1.165, 1.54) is 0 Å². The van der Waals surface area contributed by atoms with Crippen LogP contribution >= 0.6 is 0 Å². The Kier molecular flexibility index (Phi) is 12.4. The Bertz CT molecular complexity index is 1790. The zero-order valence-electron chi connectivity index (χ0n) is 26.4. The molecule has 0 fully saturated rings. The van der Waals surface area contributed by atoms with Crippen LogP contribution in [-0.2, 0) is 18.9 Å². The van der Waals surface area contributed by atoms with E-state index in [0.29, 0.717) is 23.0 Å². The molecular weight excluding hydrogens is 648 g/mol. The Morgan fingerprint density at radius 2 is 0.640 bits per heavy atom. The zero-order chi connectivity index (χ0) is 35.0. The highest BCUT2D eigenvalue weighted by Gasteiger charge is 2.31. The summed E-state index contributed by atoms with van der Waals surface area (Å²) >= 11 is 0. The first kappa shape index (κ1) is 34.5. The standard InChI is InChI=1S/C38H30O12/c39-35(47-23-43-28-13-5-1-6-14-28)27-21-32(36(40)48-24-44-29-15-7-2-8-16-29)34(38(42)50-26-46-31-19-11-4-12-20-31)33(22-27)37(41)49-25-45-30-17-9-3-10-18-30/h1-22H,23-26H2. The van der Waals surface area contributed by atoms with E-state index in [-0.39, 0.29) is 5.56 Å². The summed E-state index contributed by atoms with van der Waals surface area (Å²) in [6.45, 7) is -2.23. The van der Waals surface area contributed by atoms with Gasteiger partial charge in [-0.05, 0) is 60.7 Å². The normalized spacial score (nSPS) is 10.2. The Morgan fingerprint density at radius 1 is 0.360 bits per heavy atom. The van der Waals surface area contributed by atoms with Crippen molar-refractivity contribution >= 4 is 23.9 Å². The highest BCUT2D eigenvalue weighted by Crippen LogP contribution is 2.24. The predicted molar refractivity (Wildman–Crippen MR) is 176 cm³/mol. The van der Waals surface area contributed by atoms with Crippen molar-refractivity contribution in [2.45, 2.75) is 0 Å². The van der Waals surface area contributed by atoms with E-state index in [0.717, 1.165) is 12.1 Å². The molecule has 0 aliphatic rings. The molecule has 0 heterocycles. The first-order valence-electron chi connectivity index (χ1n) is 15.1. The monoisotopic (exact) mass is 678 g/mol. The van der Waals surface area contributed by atoms with Gasteiger partial charge in [0.1, 0.15) is 23.0 Å². The first-order chi connectivity index (χ1) is 24.5. The van der Waals surface area contributed by atoms with E-state index in [1.807, 2.05) is 0 Å². The molecule has 5 aromatic carbocycles. The molecule has 0 aliphatic carbocycles. The largest absolute Gasteiger partial charge is 0.457 e. The lowest BCUT2D eigenvalue weighted by molar-refractivity contribution is 0.00877. The van der Waals surface area contributed by atoms with Gasteiger partial charge in [-0.15, -0.1) is 0 Å². The molecule has 0 atom stereocenters. The van der Waals surface area contributed by atoms with Crippen molar-refractivity contribution in [3.8, 4) is 23.0 Å². The predicted octanol–water partition coefficient (Wildman–Crippen LogP) is 6.46. The minimum atomic E-state index is -1.15. The molecule has 0 aliphatic heterocycles. The number of carbonyl (C=O) groups is 4. The average Bonchev–Trinajstić information content (AvgIpc) is 3.16. The lowest BCUT2D eigenvalue weighted by Crippen LogP contribution is -2.24. The van der Waals surface area contributed by atoms with Crippen LogP contribution in [-0.4, -0.2) is 51.0 Å². The number of para-hydroxylation sites is 4. The molecule has 0 unspecified atom stereocenters. The summed E-state index contributed by atoms with van der Waals surface area (Å²) < 4.78 is 43.0. The minimum Gasteiger partial charge on any atom is -0.457 e. The van der Waals surface area contributed by atoms with Crippen LogP contribution in [0.25, 0.3) is 0 Å². The lowest BCUT2D eigenvalue weighted by Gasteiger charge is -2.16. The maximum Gasteiger partial charge on any atom is 0.342 e. The Labute approximate surface area is 286 Å². The van der Waals surface area contributed by atoms with Gasteiger partial charge < -0.3 is 37.9 Å². The van der Waals surface area contributed by atoms with Crippen LogP contribution in [0.4, 0.5) is 0 Å². The average molecular weight is 679 g/mol. The Hall–Kier alpha value is -6.82. The maximum absolute atomic E-state index is 13.6. The van der Waals surface area contributed by atoms with Crippen molar-refractivity contribution in [2.24, 2.45) is 0 Å². The number of hydrogen-bond acceptors (Lipinski definition) is 12. The lowest BCUT2D eigenvalue weighted by atomic mass is 9.97. The third-order valence-electron chi connectivity index (χ3n) is 6.65. The van der Waals surface area contributed by atoms with E-state index in [4.69, 9.17) is 37.9 Å². The molecule has 0 aromatic heterocycles. The topological polar surface area (TPSA) is 142 Å². The van der Waals surface area contributed by atoms with E-state index >= 15 is 0 Å². The number of esters is 4. The molecule has 5 aromatic rings. The van der Waals surface area contributed by atoms with E-state index in [9.17, 15) is 19.2 Å². The smallest absolute Gasteiger partial charge is 0.342 e. The molecule has 0 saturated heterocycles. The highest BCUT2D eigenvalue weighted by molar-refractivity contribution is 6.12. The molecule has 50 heavy (non-hydrogen) atoms. The second-order valence-electron chi connectivity index (χ2n) is 9.97. The third-order valence-corrected chi connectivity index (χ3v) is 6.65. The molecule has 12 heteroatoms. The van der Waals surface area contributed by atoms with E-state index in [2.05, 4.69) is 0 Å². The zero-order valence-corrected chi connectivity index (χ0v) is 26.4. The van der Waals surface area contributed by atoms with Gasteiger partial charge in [0.15, 0.2) is 0 Å². The van der Waals surface area contributed by atoms with Crippen LogP contribution in [0.15, 0.2) is 133 Å². The molecule has 0 bridgehead atoms. The van der Waals surface area contributed by atoms with Gasteiger partial charge in [0.25, 0.3) is 0 Å². The number of benzene rings is 5. The summed E-state index contributed by atoms with van der Waals surface area (Å²) in [5.41, 5.74) is -1.89. The van der Waals surface area contributed by atoms with Gasteiger partial charge in [0.05, 0.1) is 22.3 Å². The van der Waals surface area contributed by atoms with Crippen molar-refractivity contribution in [3.05, 3.63) is 156 Å². The SMILES string of the molecule is O=C(OCOc1ccccc1)c1cc(C(=O)OCOc2ccccc2)c(C(=O)OCOc2ccccc2)c(C(=O)OCOc2ccccc2)c1. The van der Waals surface area contributed by atoms with Crippen molar-refractivity contribution in [1.82, 2.24) is 0 Å². The fraction of sp³-hybridized carbons (Fsp3) is 0.105. The molecule has 0 amide bonds. The van der Waals surface area contributed by atoms with Gasteiger partial charge in [-0.2, -0.15) is 0 Å². The summed E-state index contributed by atoms with van der Waals surface area (Å²) in [6, 6.07) is 36.1. The molecule has 5 rings (SSSR count). The Balaban J connectivity index is 1.42. The summed E-state index contributed by atoms with van der Waals surface area (Å²) in [6.07, 6.45) is 0. The molecule has 0 spiro atoms. The molecule has 0 N–H and O–H groups in total. The maximum atomic E-state index is 13.6. The minimum absolute atomic E-state index is 0.300. The van der Waals surface area contributed by atoms with Crippen molar-refractivity contribution in [3.63, 3.8) is 0 Å². The van der Waals surface area contributed by atoms with Crippen LogP contribution in [0.3, 0.4) is 0 Å². The number of rotatable bonds is 16. The summed E-state index contributed by atoms with van der Waals surface area (Å²) in [7, 11) is 0. The van der Waals surface area contributed by atoms with Gasteiger partial charge in [-0.1, -0.05) is 72.8 Å². The second-order valence-corrected chi connectivity index (χ2v) is 9.97. The van der Waals surface area contributed by atoms with Crippen molar-refractivity contribution in [1.29, 1.82) is 0 Å². The van der Waals surface area contributed by atoms with Crippen molar-refractivity contribution in [2.75, 3.05) is 27.2 Å². The van der Waals surface area contributed by atoms with Gasteiger partial charge in [-0.3, -0.25) is 0 Å². The van der Waals surface area contributed by atoms with Crippen molar-refractivity contribution < 1.29 is 57.1 Å². The molecule has 12 nitrogen and oxygen atoms in total. The fourth-order valence-corrected chi connectivity index (χ4v) is 4.28. The third kappa shape index (κ3) is 10.1. The molecule has 254 valence electrons. The summed E-state index contributed by atoms with van der Waals surface area (Å²) in [4.78, 5) is 53.8. The van der Waals surface area contributed by atoms with Crippen LogP contribution in [0.5, 0.6) is 23.0 Å². The summed E-state index contributed by atoms with van der Waals surface area (Å²) in [5.74, 6) is -2.76. The van der Waals surface area contributed by atoms with Gasteiger partial charge in [-0.25, -0.2) is 19.2 Å². The van der Waals surface area contributed by atoms with Crippen LogP contribution in [0.2, 0.25) is 0 Å². The summed E-state index contributed by atoms with van der Waals surface area (Å²) in [5, 5.41) is 0. The highest BCUT2D eigenvalue weighted by atomic mass is 16.7. The second kappa shape index (κ2) is 17.9. The van der Waals surface area contributed by atoms with E-state index < -0.39 is 67.7 Å². The molecule has 0 saturated carbocycles. The van der Waals surface area contributed by atoms with Crippen LogP contribution < -0.4 is 18.9 Å². The number of carbonyl (C=O) groups excluding carboxylic acids is 4. The van der Waals surface area contributed by atoms with Crippen LogP contribution in [0, 0.1) is 0 Å². The fourth-order valence-electron chi connectivity index (χ4n) is 4.28. The molecule has 0 radical (unpaired) electrons. The first-order valence-corrected chi connectivity index (χ1v) is 15.1. The molecular formula is C38H30O12. The van der Waals surface area contributed by atoms with E-state index in [1.54, 1.807) is 121 Å². The Morgan fingerprint density at radius 3 is 0.960 bits per heavy atom. The number of ether oxygens (including phenoxy) is 8. The number of hydrogen-bond donors (Lipinski definition) is 0. The van der Waals surface area contributed by atoms with Gasteiger partial charge >= 0.3 is 23.9 Å². The quantitative estimate of drug-likeness (QED) is 0.0642. The van der Waals surface area contributed by atoms with Gasteiger partial charge in [0, 0.05) is 0 Å². The van der Waals surface area contributed by atoms with Crippen LogP contribution in [0.1, 0.15) is 41.4 Å².